The van der Waals surface area contributed by atoms with Crippen LogP contribution >= 0.6 is 11.6 Å². The van der Waals surface area contributed by atoms with Crippen LogP contribution in [-0.4, -0.2) is 37.6 Å². The highest BCUT2D eigenvalue weighted by molar-refractivity contribution is 7.91. The van der Waals surface area contributed by atoms with Crippen LogP contribution in [0.1, 0.15) is 29.0 Å². The van der Waals surface area contributed by atoms with Gasteiger partial charge in [-0.2, -0.15) is 0 Å². The molecule has 0 unspecified atom stereocenters. The van der Waals surface area contributed by atoms with E-state index in [1.165, 1.54) is 18.4 Å². The van der Waals surface area contributed by atoms with E-state index < -0.39 is 20.9 Å². The molecular weight excluding hydrogens is 369 g/mol. The minimum absolute atomic E-state index is 0.0533. The number of carbonyl (C=O) groups is 1. The van der Waals surface area contributed by atoms with E-state index in [4.69, 9.17) is 16.0 Å². The first-order valence-electron chi connectivity index (χ1n) is 7.85. The number of nitrogens with zero attached hydrogens (tertiary/aromatic N) is 1. The van der Waals surface area contributed by atoms with E-state index in [2.05, 4.69) is 0 Å². The van der Waals surface area contributed by atoms with Crippen molar-refractivity contribution in [3.05, 3.63) is 58.8 Å². The number of benzene rings is 1. The Balaban J connectivity index is 1.64. The molecule has 1 amide bonds. The van der Waals surface area contributed by atoms with E-state index >= 15 is 0 Å². The molecule has 1 aromatic heterocycles. The fourth-order valence-electron chi connectivity index (χ4n) is 2.96. The summed E-state index contributed by atoms with van der Waals surface area (Å²) in [5.74, 6) is -0.546. The van der Waals surface area contributed by atoms with Crippen molar-refractivity contribution in [2.75, 3.05) is 13.1 Å². The first-order valence-corrected chi connectivity index (χ1v) is 9.94. The largest absolute Gasteiger partial charge is 0.468 e. The van der Waals surface area contributed by atoms with Gasteiger partial charge in [-0.05, 0) is 43.2 Å². The van der Waals surface area contributed by atoms with Crippen LogP contribution in [0.5, 0.6) is 0 Å². The van der Waals surface area contributed by atoms with Gasteiger partial charge in [0.25, 0.3) is 5.91 Å². The van der Waals surface area contributed by atoms with E-state index in [-0.39, 0.29) is 22.2 Å². The lowest BCUT2D eigenvalue weighted by molar-refractivity contribution is 0.0725. The highest BCUT2D eigenvalue weighted by atomic mass is 35.5. The van der Waals surface area contributed by atoms with E-state index in [0.717, 1.165) is 6.07 Å². The lowest BCUT2D eigenvalue weighted by Gasteiger charge is -2.31. The fraction of sp³-hybridized carbons (Fsp3) is 0.353. The monoisotopic (exact) mass is 385 g/mol. The maximum Gasteiger partial charge on any atom is 0.255 e. The minimum Gasteiger partial charge on any atom is -0.468 e. The predicted octanol–water partition coefficient (Wildman–Crippen LogP) is 3.29. The Labute approximate surface area is 150 Å². The van der Waals surface area contributed by atoms with Gasteiger partial charge < -0.3 is 9.32 Å². The summed E-state index contributed by atoms with van der Waals surface area (Å²) in [6.07, 6.45) is 2.15. The van der Waals surface area contributed by atoms with Crippen LogP contribution in [0.25, 0.3) is 0 Å². The van der Waals surface area contributed by atoms with Gasteiger partial charge in [0.1, 0.15) is 17.3 Å². The van der Waals surface area contributed by atoms with Gasteiger partial charge in [-0.25, -0.2) is 12.8 Å². The van der Waals surface area contributed by atoms with Crippen molar-refractivity contribution in [2.24, 2.45) is 0 Å². The molecule has 0 N–H and O–H groups in total. The second kappa shape index (κ2) is 7.17. The maximum absolute atomic E-state index is 13.1. The van der Waals surface area contributed by atoms with Crippen LogP contribution in [0.15, 0.2) is 41.0 Å². The summed E-state index contributed by atoms with van der Waals surface area (Å²) in [5, 5.41) is -0.456. The molecular formula is C17H17ClFNO4S. The number of sulfone groups is 1. The smallest absolute Gasteiger partial charge is 0.255 e. The first-order chi connectivity index (χ1) is 11.9. The summed E-state index contributed by atoms with van der Waals surface area (Å²) in [6, 6.07) is 6.90. The number of hydrogen-bond acceptors (Lipinski definition) is 4. The molecule has 8 heteroatoms. The fourth-order valence-corrected chi connectivity index (χ4v) is 4.94. The molecule has 2 heterocycles. The number of hydrogen-bond donors (Lipinski definition) is 0. The van der Waals surface area contributed by atoms with Crippen LogP contribution < -0.4 is 0 Å². The SMILES string of the molecule is O=C(c1ccc(F)cc1Cl)N1CCC(S(=O)(=O)Cc2ccco2)CC1. The zero-order valence-electron chi connectivity index (χ0n) is 13.3. The van der Waals surface area contributed by atoms with Gasteiger partial charge in [-0.1, -0.05) is 11.6 Å². The third-order valence-electron chi connectivity index (χ3n) is 4.32. The standard InChI is InChI=1S/C17H17ClFNO4S/c18-16-10-12(19)3-4-15(16)17(21)20-7-5-14(6-8-20)25(22,23)11-13-2-1-9-24-13/h1-4,9-10,14H,5-8,11H2. The van der Waals surface area contributed by atoms with Crippen molar-refractivity contribution in [2.45, 2.75) is 23.8 Å². The Kier molecular flexibility index (Phi) is 5.15. The van der Waals surface area contributed by atoms with Gasteiger partial charge in [0.2, 0.25) is 0 Å². The summed E-state index contributed by atoms with van der Waals surface area (Å²) in [6.45, 7) is 0.628. The van der Waals surface area contributed by atoms with Crippen LogP contribution in [-0.2, 0) is 15.6 Å². The minimum atomic E-state index is -3.34. The zero-order valence-corrected chi connectivity index (χ0v) is 14.9. The number of piperidine rings is 1. The van der Waals surface area contributed by atoms with Gasteiger partial charge in [-0.15, -0.1) is 0 Å². The molecule has 0 bridgehead atoms. The van der Waals surface area contributed by atoms with E-state index in [1.54, 1.807) is 17.0 Å². The van der Waals surface area contributed by atoms with Gasteiger partial charge in [0.05, 0.1) is 22.1 Å². The Hall–Kier alpha value is -1.86. The summed E-state index contributed by atoms with van der Waals surface area (Å²) >= 11 is 5.93. The number of rotatable bonds is 4. The van der Waals surface area contributed by atoms with Gasteiger partial charge in [-0.3, -0.25) is 4.79 Å². The third kappa shape index (κ3) is 4.04. The normalized spacial score (nSPS) is 16.2. The number of likely N-dealkylation sites (tertiary alicyclic amines) is 1. The molecule has 2 aromatic rings. The molecule has 0 saturated carbocycles. The van der Waals surface area contributed by atoms with Crippen molar-refractivity contribution >= 4 is 27.3 Å². The van der Waals surface area contributed by atoms with Crippen LogP contribution in [0.2, 0.25) is 5.02 Å². The number of halogens is 2. The van der Waals surface area contributed by atoms with Crippen molar-refractivity contribution in [3.8, 4) is 0 Å². The molecule has 3 rings (SSSR count). The van der Waals surface area contributed by atoms with Crippen LogP contribution in [0, 0.1) is 5.82 Å². The van der Waals surface area contributed by atoms with Crippen molar-refractivity contribution in [1.29, 1.82) is 0 Å². The molecule has 134 valence electrons. The molecule has 25 heavy (non-hydrogen) atoms. The second-order valence-electron chi connectivity index (χ2n) is 6.00. The van der Waals surface area contributed by atoms with Gasteiger partial charge >= 0.3 is 0 Å². The lowest BCUT2D eigenvalue weighted by atomic mass is 10.1. The average Bonchev–Trinajstić information content (AvgIpc) is 3.07. The quantitative estimate of drug-likeness (QED) is 0.809. The molecule has 0 spiro atoms. The molecule has 0 radical (unpaired) electrons. The predicted molar refractivity (Wildman–Crippen MR) is 91.7 cm³/mol. The third-order valence-corrected chi connectivity index (χ3v) is 6.81. The van der Waals surface area contributed by atoms with Crippen LogP contribution in [0.3, 0.4) is 0 Å². The topological polar surface area (TPSA) is 67.6 Å². The highest BCUT2D eigenvalue weighted by Crippen LogP contribution is 2.25. The summed E-state index contributed by atoms with van der Waals surface area (Å²) < 4.78 is 43.1. The molecule has 1 aromatic carbocycles. The first kappa shape index (κ1) is 17.9. The highest BCUT2D eigenvalue weighted by Gasteiger charge is 2.32. The molecule has 0 atom stereocenters. The number of carbonyl (C=O) groups excluding carboxylic acids is 1. The summed E-state index contributed by atoms with van der Waals surface area (Å²) in [4.78, 5) is 14.1. The number of amides is 1. The van der Waals surface area contributed by atoms with Crippen molar-refractivity contribution in [3.63, 3.8) is 0 Å². The average molecular weight is 386 g/mol. The summed E-state index contributed by atoms with van der Waals surface area (Å²) in [7, 11) is -3.34. The number of furan rings is 1. The molecule has 1 saturated heterocycles. The maximum atomic E-state index is 13.1. The molecule has 0 aliphatic carbocycles. The Morgan fingerprint density at radius 2 is 2.00 bits per heavy atom. The Morgan fingerprint density at radius 1 is 1.28 bits per heavy atom. The second-order valence-corrected chi connectivity index (χ2v) is 8.69. The van der Waals surface area contributed by atoms with Crippen molar-refractivity contribution < 1.29 is 22.0 Å². The van der Waals surface area contributed by atoms with Crippen molar-refractivity contribution in [1.82, 2.24) is 4.90 Å². The lowest BCUT2D eigenvalue weighted by Crippen LogP contribution is -2.42. The van der Waals surface area contributed by atoms with E-state index in [0.29, 0.717) is 31.7 Å². The Bertz CT molecular complexity index is 859. The van der Waals surface area contributed by atoms with E-state index in [1.807, 2.05) is 0 Å². The molecule has 5 nitrogen and oxygen atoms in total. The zero-order chi connectivity index (χ0) is 18.0. The molecule has 1 fully saturated rings. The Morgan fingerprint density at radius 3 is 2.60 bits per heavy atom. The van der Waals surface area contributed by atoms with E-state index in [9.17, 15) is 17.6 Å². The molecule has 1 aliphatic rings. The van der Waals surface area contributed by atoms with Gasteiger partial charge in [0.15, 0.2) is 9.84 Å². The van der Waals surface area contributed by atoms with Crippen LogP contribution in [0.4, 0.5) is 4.39 Å². The van der Waals surface area contributed by atoms with Gasteiger partial charge in [0, 0.05) is 13.1 Å². The molecule has 1 aliphatic heterocycles. The summed E-state index contributed by atoms with van der Waals surface area (Å²) in [5.41, 5.74) is 0.222.